The highest BCUT2D eigenvalue weighted by Crippen LogP contribution is 2.38. The lowest BCUT2D eigenvalue weighted by Crippen LogP contribution is -2.30. The normalized spacial score (nSPS) is 15.0. The van der Waals surface area contributed by atoms with Crippen molar-refractivity contribution in [1.29, 1.82) is 0 Å². The van der Waals surface area contributed by atoms with E-state index >= 15 is 0 Å². The lowest BCUT2D eigenvalue weighted by atomic mass is 10.1. The molecular weight excluding hydrogens is 364 g/mol. The second-order valence-electron chi connectivity index (χ2n) is 6.35. The summed E-state index contributed by atoms with van der Waals surface area (Å²) < 4.78 is 2.16. The minimum absolute atomic E-state index is 0.000234. The first-order valence-corrected chi connectivity index (χ1v) is 10.5. The number of hydrogen-bond acceptors (Lipinski definition) is 5. The van der Waals surface area contributed by atoms with E-state index in [1.165, 1.54) is 24.6 Å². The number of thioether (sulfide) groups is 1. The van der Waals surface area contributed by atoms with Crippen LogP contribution in [0.4, 0.5) is 0 Å². The van der Waals surface area contributed by atoms with Crippen LogP contribution in [0, 0.1) is 6.92 Å². The summed E-state index contributed by atoms with van der Waals surface area (Å²) >= 11 is 3.11. The third-order valence-electron chi connectivity index (χ3n) is 4.35. The zero-order valence-corrected chi connectivity index (χ0v) is 16.1. The van der Waals surface area contributed by atoms with E-state index in [1.54, 1.807) is 11.3 Å². The molecule has 1 fully saturated rings. The third-order valence-corrected chi connectivity index (χ3v) is 6.23. The van der Waals surface area contributed by atoms with Crippen molar-refractivity contribution < 1.29 is 4.79 Å². The average Bonchev–Trinajstić information content (AvgIpc) is 3.20. The summed E-state index contributed by atoms with van der Waals surface area (Å²) in [5, 5.41) is 14.4. The van der Waals surface area contributed by atoms with Crippen LogP contribution in [0.5, 0.6) is 0 Å². The molecule has 1 aromatic carbocycles. The van der Waals surface area contributed by atoms with E-state index in [4.69, 9.17) is 0 Å². The van der Waals surface area contributed by atoms with Crippen LogP contribution < -0.4 is 5.32 Å². The Bertz CT molecular complexity index is 872. The van der Waals surface area contributed by atoms with Crippen LogP contribution >= 0.6 is 23.1 Å². The van der Waals surface area contributed by atoms with E-state index in [0.29, 0.717) is 11.8 Å². The minimum atomic E-state index is -0.118. The molecule has 2 aromatic heterocycles. The van der Waals surface area contributed by atoms with E-state index in [-0.39, 0.29) is 11.9 Å². The molecule has 26 heavy (non-hydrogen) atoms. The van der Waals surface area contributed by atoms with Gasteiger partial charge >= 0.3 is 0 Å². The van der Waals surface area contributed by atoms with E-state index in [1.807, 2.05) is 48.7 Å². The number of carbonyl (C=O) groups is 1. The number of aryl methyl sites for hydroxylation is 1. The van der Waals surface area contributed by atoms with Crippen LogP contribution in [0.25, 0.3) is 0 Å². The lowest BCUT2D eigenvalue weighted by Gasteiger charge is -2.18. The molecule has 3 aromatic rings. The topological polar surface area (TPSA) is 59.8 Å². The molecule has 4 rings (SSSR count). The van der Waals surface area contributed by atoms with Gasteiger partial charge in [0, 0.05) is 10.9 Å². The minimum Gasteiger partial charge on any atom is -0.344 e. The number of nitrogens with zero attached hydrogens (tertiary/aromatic N) is 3. The van der Waals surface area contributed by atoms with Crippen molar-refractivity contribution in [2.24, 2.45) is 0 Å². The molecule has 0 radical (unpaired) electrons. The number of benzene rings is 1. The summed E-state index contributed by atoms with van der Waals surface area (Å²) in [5.74, 6) is 1.26. The van der Waals surface area contributed by atoms with Gasteiger partial charge in [0.15, 0.2) is 5.16 Å². The Labute approximate surface area is 160 Å². The fourth-order valence-electron chi connectivity index (χ4n) is 2.95. The summed E-state index contributed by atoms with van der Waals surface area (Å²) in [7, 11) is 0. The van der Waals surface area contributed by atoms with Gasteiger partial charge in [0.1, 0.15) is 5.82 Å². The number of thiophene rings is 1. The summed E-state index contributed by atoms with van der Waals surface area (Å²) in [6.45, 7) is 1.97. The van der Waals surface area contributed by atoms with Crippen molar-refractivity contribution in [3.05, 3.63) is 64.1 Å². The molecule has 5 nitrogen and oxygen atoms in total. The number of carbonyl (C=O) groups excluding carboxylic acids is 1. The maximum Gasteiger partial charge on any atom is 0.231 e. The maximum atomic E-state index is 12.6. The van der Waals surface area contributed by atoms with Crippen LogP contribution in [-0.4, -0.2) is 26.4 Å². The van der Waals surface area contributed by atoms with Crippen molar-refractivity contribution >= 4 is 29.0 Å². The van der Waals surface area contributed by atoms with Crippen molar-refractivity contribution in [1.82, 2.24) is 20.1 Å². The number of hydrogen-bond donors (Lipinski definition) is 1. The van der Waals surface area contributed by atoms with E-state index in [9.17, 15) is 4.79 Å². The van der Waals surface area contributed by atoms with Crippen LogP contribution in [0.2, 0.25) is 0 Å². The number of nitrogens with one attached hydrogen (secondary N) is 1. The van der Waals surface area contributed by atoms with Gasteiger partial charge in [-0.25, -0.2) is 0 Å². The molecule has 1 unspecified atom stereocenters. The molecule has 0 spiro atoms. The fourth-order valence-corrected chi connectivity index (χ4v) is 4.62. The second-order valence-corrected chi connectivity index (χ2v) is 8.27. The molecule has 1 aliphatic carbocycles. The molecular formula is C19H20N4OS2. The first-order chi connectivity index (χ1) is 12.7. The zero-order valence-electron chi connectivity index (χ0n) is 14.5. The van der Waals surface area contributed by atoms with Crippen molar-refractivity contribution in [3.63, 3.8) is 0 Å². The standard InChI is InChI=1S/C19H20N4OS2/c1-13-21-22-19(23(13)15-9-10-15)26-12-17(24)20-18(16-8-5-11-25-16)14-6-3-2-4-7-14/h2-8,11,15,18H,9-10,12H2,1H3,(H,20,24). The number of aromatic nitrogens is 3. The van der Waals surface area contributed by atoms with Gasteiger partial charge in [-0.05, 0) is 36.8 Å². The van der Waals surface area contributed by atoms with Gasteiger partial charge in [0.05, 0.1) is 11.8 Å². The van der Waals surface area contributed by atoms with Gasteiger partial charge in [0.2, 0.25) is 5.91 Å². The van der Waals surface area contributed by atoms with Gasteiger partial charge in [0.25, 0.3) is 0 Å². The van der Waals surface area contributed by atoms with Gasteiger partial charge in [-0.15, -0.1) is 21.5 Å². The molecule has 0 saturated heterocycles. The Morgan fingerprint density at radius 1 is 1.27 bits per heavy atom. The Kier molecular flexibility index (Phi) is 5.08. The van der Waals surface area contributed by atoms with E-state index in [0.717, 1.165) is 21.4 Å². The van der Waals surface area contributed by atoms with Crippen molar-refractivity contribution in [2.45, 2.75) is 37.0 Å². The van der Waals surface area contributed by atoms with Gasteiger partial charge in [-0.3, -0.25) is 4.79 Å². The highest BCUT2D eigenvalue weighted by atomic mass is 32.2. The average molecular weight is 385 g/mol. The Morgan fingerprint density at radius 3 is 2.77 bits per heavy atom. The van der Waals surface area contributed by atoms with Gasteiger partial charge in [-0.2, -0.15) is 0 Å². The van der Waals surface area contributed by atoms with E-state index < -0.39 is 0 Å². The molecule has 1 aliphatic rings. The fraction of sp³-hybridized carbons (Fsp3) is 0.316. The third kappa shape index (κ3) is 3.83. The molecule has 1 N–H and O–H groups in total. The number of rotatable bonds is 7. The monoisotopic (exact) mass is 384 g/mol. The van der Waals surface area contributed by atoms with Crippen LogP contribution in [0.3, 0.4) is 0 Å². The van der Waals surface area contributed by atoms with Gasteiger partial charge < -0.3 is 9.88 Å². The van der Waals surface area contributed by atoms with Gasteiger partial charge in [-0.1, -0.05) is 48.2 Å². The predicted octanol–water partition coefficient (Wildman–Crippen LogP) is 3.98. The molecule has 0 bridgehead atoms. The highest BCUT2D eigenvalue weighted by molar-refractivity contribution is 7.99. The lowest BCUT2D eigenvalue weighted by molar-refractivity contribution is -0.119. The molecule has 7 heteroatoms. The molecule has 1 amide bonds. The molecule has 134 valence electrons. The summed E-state index contributed by atoms with van der Waals surface area (Å²) in [4.78, 5) is 13.7. The maximum absolute atomic E-state index is 12.6. The first kappa shape index (κ1) is 17.3. The summed E-state index contributed by atoms with van der Waals surface area (Å²) in [6.07, 6.45) is 2.35. The van der Waals surface area contributed by atoms with Crippen LogP contribution in [0.15, 0.2) is 53.0 Å². The Morgan fingerprint density at radius 2 is 2.08 bits per heavy atom. The largest absolute Gasteiger partial charge is 0.344 e. The quantitative estimate of drug-likeness (QED) is 0.626. The molecule has 1 atom stereocenters. The predicted molar refractivity (Wildman–Crippen MR) is 105 cm³/mol. The van der Waals surface area contributed by atoms with Crippen LogP contribution in [0.1, 0.15) is 41.2 Å². The molecule has 1 saturated carbocycles. The van der Waals surface area contributed by atoms with Crippen molar-refractivity contribution in [3.8, 4) is 0 Å². The van der Waals surface area contributed by atoms with E-state index in [2.05, 4.69) is 26.1 Å². The number of amides is 1. The Balaban J connectivity index is 1.44. The molecule has 2 heterocycles. The SMILES string of the molecule is Cc1nnc(SCC(=O)NC(c2ccccc2)c2cccs2)n1C1CC1. The Hall–Kier alpha value is -2.12. The highest BCUT2D eigenvalue weighted by Gasteiger charge is 2.28. The summed E-state index contributed by atoms with van der Waals surface area (Å²) in [6, 6.07) is 14.5. The summed E-state index contributed by atoms with van der Waals surface area (Å²) in [5.41, 5.74) is 1.09. The molecule has 0 aliphatic heterocycles. The second kappa shape index (κ2) is 7.63. The smallest absolute Gasteiger partial charge is 0.231 e. The zero-order chi connectivity index (χ0) is 17.9. The van der Waals surface area contributed by atoms with Crippen LogP contribution in [-0.2, 0) is 4.79 Å². The first-order valence-electron chi connectivity index (χ1n) is 8.64. The van der Waals surface area contributed by atoms with Crippen molar-refractivity contribution in [2.75, 3.05) is 5.75 Å².